The van der Waals surface area contributed by atoms with Crippen molar-refractivity contribution in [3.63, 3.8) is 0 Å². The molecular weight excluding hydrogens is 238 g/mol. The van der Waals surface area contributed by atoms with Gasteiger partial charge in [-0.1, -0.05) is 23.4 Å². The highest BCUT2D eigenvalue weighted by atomic mass is 35.5. The molecule has 0 unspecified atom stereocenters. The molecule has 0 amide bonds. The second-order valence-corrected chi connectivity index (χ2v) is 3.91. The van der Waals surface area contributed by atoms with E-state index < -0.39 is 0 Å². The number of halogens is 1. The molecule has 0 radical (unpaired) electrons. The van der Waals surface area contributed by atoms with Gasteiger partial charge in [0.1, 0.15) is 5.75 Å². The van der Waals surface area contributed by atoms with Gasteiger partial charge in [0.2, 0.25) is 0 Å². The predicted molar refractivity (Wildman–Crippen MR) is 68.0 cm³/mol. The number of aromatic hydroxyl groups is 1. The summed E-state index contributed by atoms with van der Waals surface area (Å²) >= 11 is 5.59. The lowest BCUT2D eigenvalue weighted by Gasteiger charge is -2.02. The molecule has 1 N–H and O–H groups in total. The number of alkyl halides is 1. The molecule has 0 aliphatic carbocycles. The van der Waals surface area contributed by atoms with Gasteiger partial charge in [-0.15, -0.1) is 11.6 Å². The van der Waals surface area contributed by atoms with Crippen molar-refractivity contribution in [2.45, 2.75) is 6.42 Å². The number of hydrogen-bond donors (Lipinski definition) is 1. The molecule has 1 aromatic carbocycles. The summed E-state index contributed by atoms with van der Waals surface area (Å²) in [7, 11) is 0. The summed E-state index contributed by atoms with van der Waals surface area (Å²) < 4.78 is 5.03. The van der Waals surface area contributed by atoms with Crippen LogP contribution >= 0.6 is 11.6 Å². The Bertz CT molecular complexity index is 506. The first-order valence-electron chi connectivity index (χ1n) is 5.28. The second-order valence-electron chi connectivity index (χ2n) is 3.53. The van der Waals surface area contributed by atoms with Crippen LogP contribution in [0.15, 0.2) is 41.1 Å². The van der Waals surface area contributed by atoms with E-state index >= 15 is 0 Å². The van der Waals surface area contributed by atoms with Gasteiger partial charge in [0, 0.05) is 11.9 Å². The minimum Gasteiger partial charge on any atom is -0.507 e. The lowest BCUT2D eigenvalue weighted by Crippen LogP contribution is -1.79. The Hall–Kier alpha value is -1.74. The summed E-state index contributed by atoms with van der Waals surface area (Å²) in [5.41, 5.74) is 1.62. The monoisotopic (exact) mass is 249 g/mol. The largest absolute Gasteiger partial charge is 0.507 e. The van der Waals surface area contributed by atoms with Gasteiger partial charge < -0.3 is 9.63 Å². The molecular formula is C13H12ClNO2. The summed E-state index contributed by atoms with van der Waals surface area (Å²) in [6.07, 6.45) is 6.32. The van der Waals surface area contributed by atoms with Crippen LogP contribution in [0.5, 0.6) is 5.75 Å². The Morgan fingerprint density at radius 3 is 2.94 bits per heavy atom. The Balaban J connectivity index is 2.30. The zero-order chi connectivity index (χ0) is 12.1. The van der Waals surface area contributed by atoms with Crippen LogP contribution < -0.4 is 0 Å². The van der Waals surface area contributed by atoms with Gasteiger partial charge >= 0.3 is 0 Å². The topological polar surface area (TPSA) is 46.3 Å². The molecule has 0 atom stereocenters. The third kappa shape index (κ3) is 2.88. The molecule has 0 saturated carbocycles. The van der Waals surface area contributed by atoms with Crippen molar-refractivity contribution in [2.24, 2.45) is 0 Å². The summed E-state index contributed by atoms with van der Waals surface area (Å²) in [6.45, 7) is 0. The minimum absolute atomic E-state index is 0.177. The Morgan fingerprint density at radius 1 is 1.35 bits per heavy atom. The third-order valence-corrected chi connectivity index (χ3v) is 2.53. The van der Waals surface area contributed by atoms with E-state index in [1.54, 1.807) is 18.3 Å². The van der Waals surface area contributed by atoms with Crippen LogP contribution in [-0.4, -0.2) is 16.1 Å². The first kappa shape index (κ1) is 11.7. The molecule has 17 heavy (non-hydrogen) atoms. The van der Waals surface area contributed by atoms with Crippen LogP contribution in [0, 0.1) is 0 Å². The molecule has 3 nitrogen and oxygen atoms in total. The zero-order valence-electron chi connectivity index (χ0n) is 9.14. The summed E-state index contributed by atoms with van der Waals surface area (Å²) in [4.78, 5) is 0. The fourth-order valence-corrected chi connectivity index (χ4v) is 1.62. The van der Waals surface area contributed by atoms with E-state index in [-0.39, 0.29) is 5.75 Å². The van der Waals surface area contributed by atoms with Crippen molar-refractivity contribution in [2.75, 3.05) is 5.88 Å². The average Bonchev–Trinajstić information content (AvgIpc) is 2.85. The van der Waals surface area contributed by atoms with Gasteiger partial charge in [0.25, 0.3) is 0 Å². The maximum atomic E-state index is 9.75. The van der Waals surface area contributed by atoms with Crippen LogP contribution in [-0.2, 0) is 0 Å². The van der Waals surface area contributed by atoms with Crippen molar-refractivity contribution in [3.8, 4) is 17.1 Å². The van der Waals surface area contributed by atoms with E-state index in [0.29, 0.717) is 17.2 Å². The van der Waals surface area contributed by atoms with Crippen molar-refractivity contribution in [1.29, 1.82) is 0 Å². The van der Waals surface area contributed by atoms with Gasteiger partial charge in [0.15, 0.2) is 5.76 Å². The lowest BCUT2D eigenvalue weighted by atomic mass is 10.1. The Morgan fingerprint density at radius 2 is 2.24 bits per heavy atom. The minimum atomic E-state index is 0.177. The van der Waals surface area contributed by atoms with E-state index in [0.717, 1.165) is 12.0 Å². The number of hydrogen-bond acceptors (Lipinski definition) is 3. The Kier molecular flexibility index (Phi) is 3.83. The Labute approximate surface area is 104 Å². The molecule has 4 heteroatoms. The predicted octanol–water partition coefficient (Wildman–Crippen LogP) is 3.69. The highest BCUT2D eigenvalue weighted by Crippen LogP contribution is 2.30. The molecule has 1 aromatic heterocycles. The molecule has 88 valence electrons. The molecule has 0 saturated heterocycles. The standard InChI is InChI=1S/C13H12ClNO2/c14-7-2-1-3-10-4-5-12(16)11(9-10)13-6-8-15-17-13/h1,3-6,8-9,16H,2,7H2. The van der Waals surface area contributed by atoms with Gasteiger partial charge in [-0.3, -0.25) is 0 Å². The van der Waals surface area contributed by atoms with Gasteiger partial charge in [-0.2, -0.15) is 0 Å². The molecule has 0 spiro atoms. The molecule has 1 heterocycles. The maximum absolute atomic E-state index is 9.75. The van der Waals surface area contributed by atoms with E-state index in [9.17, 15) is 5.11 Å². The van der Waals surface area contributed by atoms with Crippen molar-refractivity contribution < 1.29 is 9.63 Å². The third-order valence-electron chi connectivity index (χ3n) is 2.31. The van der Waals surface area contributed by atoms with Crippen molar-refractivity contribution >= 4 is 17.7 Å². The normalized spacial score (nSPS) is 11.1. The van der Waals surface area contributed by atoms with E-state index in [2.05, 4.69) is 5.16 Å². The number of phenolic OH excluding ortho intramolecular Hbond substituents is 1. The highest BCUT2D eigenvalue weighted by molar-refractivity contribution is 6.17. The number of phenols is 1. The number of nitrogens with zero attached hydrogens (tertiary/aromatic N) is 1. The molecule has 2 rings (SSSR count). The molecule has 2 aromatic rings. The van der Waals surface area contributed by atoms with E-state index in [4.69, 9.17) is 16.1 Å². The molecule has 0 aliphatic heterocycles. The van der Waals surface area contributed by atoms with Crippen LogP contribution in [0.2, 0.25) is 0 Å². The van der Waals surface area contributed by atoms with Crippen LogP contribution in [0.25, 0.3) is 17.4 Å². The number of rotatable bonds is 4. The summed E-state index contributed by atoms with van der Waals surface area (Å²) in [5.74, 6) is 1.33. The maximum Gasteiger partial charge on any atom is 0.170 e. The molecule has 0 aliphatic rings. The number of aromatic nitrogens is 1. The molecule has 0 bridgehead atoms. The highest BCUT2D eigenvalue weighted by Gasteiger charge is 2.07. The van der Waals surface area contributed by atoms with Crippen molar-refractivity contribution in [1.82, 2.24) is 5.16 Å². The second kappa shape index (κ2) is 5.55. The summed E-state index contributed by atoms with van der Waals surface area (Å²) in [6, 6.07) is 7.03. The van der Waals surface area contributed by atoms with Crippen LogP contribution in [0.3, 0.4) is 0 Å². The first-order chi connectivity index (χ1) is 8.31. The number of allylic oxidation sites excluding steroid dienone is 1. The fraction of sp³-hybridized carbons (Fsp3) is 0.154. The van der Waals surface area contributed by atoms with Gasteiger partial charge in [-0.05, 0) is 24.1 Å². The SMILES string of the molecule is Oc1ccc(C=CCCCl)cc1-c1ccno1. The lowest BCUT2D eigenvalue weighted by molar-refractivity contribution is 0.426. The van der Waals surface area contributed by atoms with Crippen LogP contribution in [0.4, 0.5) is 0 Å². The van der Waals surface area contributed by atoms with Gasteiger partial charge in [-0.25, -0.2) is 0 Å². The van der Waals surface area contributed by atoms with Gasteiger partial charge in [0.05, 0.1) is 11.8 Å². The van der Waals surface area contributed by atoms with E-state index in [1.165, 1.54) is 0 Å². The average molecular weight is 250 g/mol. The van der Waals surface area contributed by atoms with Crippen LogP contribution in [0.1, 0.15) is 12.0 Å². The summed E-state index contributed by atoms with van der Waals surface area (Å²) in [5, 5.41) is 13.4. The van der Waals surface area contributed by atoms with E-state index in [1.807, 2.05) is 24.3 Å². The molecule has 0 fully saturated rings. The zero-order valence-corrected chi connectivity index (χ0v) is 9.89. The fourth-order valence-electron chi connectivity index (χ4n) is 1.49. The number of benzene rings is 1. The van der Waals surface area contributed by atoms with Crippen molar-refractivity contribution in [3.05, 3.63) is 42.1 Å². The quantitative estimate of drug-likeness (QED) is 0.841. The first-order valence-corrected chi connectivity index (χ1v) is 5.81. The smallest absolute Gasteiger partial charge is 0.170 e.